The van der Waals surface area contributed by atoms with Crippen LogP contribution in [0, 0.1) is 5.92 Å². The van der Waals surface area contributed by atoms with Gasteiger partial charge in [0.2, 0.25) is 0 Å². The number of amides is 1. The Morgan fingerprint density at radius 1 is 1.12 bits per heavy atom. The molecular weight excluding hydrogens is 344 g/mol. The molecule has 0 aliphatic heterocycles. The van der Waals surface area contributed by atoms with E-state index < -0.39 is 0 Å². The van der Waals surface area contributed by atoms with Gasteiger partial charge < -0.3 is 10.1 Å². The summed E-state index contributed by atoms with van der Waals surface area (Å²) in [5.41, 5.74) is 1.65. The van der Waals surface area contributed by atoms with E-state index in [1.54, 1.807) is 18.2 Å². The van der Waals surface area contributed by atoms with Crippen LogP contribution in [0.25, 0.3) is 0 Å². The lowest BCUT2D eigenvalue weighted by Gasteiger charge is -2.19. The molecule has 0 heterocycles. The predicted octanol–water partition coefficient (Wildman–Crippen LogP) is 4.48. The summed E-state index contributed by atoms with van der Waals surface area (Å²) in [6.45, 7) is 6.85. The van der Waals surface area contributed by atoms with Crippen molar-refractivity contribution in [2.75, 3.05) is 6.61 Å². The van der Waals surface area contributed by atoms with Crippen molar-refractivity contribution in [2.45, 2.75) is 33.2 Å². The average Bonchev–Trinajstić information content (AvgIpc) is 2.65. The number of hydrogen-bond acceptors (Lipinski definition) is 3. The smallest absolute Gasteiger partial charge is 0.257 e. The van der Waals surface area contributed by atoms with Crippen LogP contribution in [-0.2, 0) is 0 Å². The second kappa shape index (κ2) is 9.92. The van der Waals surface area contributed by atoms with E-state index in [0.717, 1.165) is 12.0 Å². The number of benzene rings is 2. The molecule has 0 aromatic heterocycles. The van der Waals surface area contributed by atoms with Crippen LogP contribution < -0.4 is 15.4 Å². The average molecular weight is 371 g/mol. The van der Waals surface area contributed by atoms with Gasteiger partial charge >= 0.3 is 0 Å². The van der Waals surface area contributed by atoms with Gasteiger partial charge in [-0.2, -0.15) is 0 Å². The maximum Gasteiger partial charge on any atom is 0.257 e. The summed E-state index contributed by atoms with van der Waals surface area (Å²) in [4.78, 5) is 12.5. The van der Waals surface area contributed by atoms with Gasteiger partial charge in [0.15, 0.2) is 5.11 Å². The molecule has 0 fully saturated rings. The summed E-state index contributed by atoms with van der Waals surface area (Å²) in [5, 5.41) is 6.27. The molecule has 0 saturated heterocycles. The Balaban J connectivity index is 1.96. The summed E-state index contributed by atoms with van der Waals surface area (Å²) >= 11 is 5.32. The molecule has 1 amide bonds. The Morgan fingerprint density at radius 2 is 1.85 bits per heavy atom. The lowest BCUT2D eigenvalue weighted by Crippen LogP contribution is -2.40. The van der Waals surface area contributed by atoms with Crippen molar-refractivity contribution in [2.24, 2.45) is 5.92 Å². The molecule has 2 rings (SSSR count). The molecule has 1 atom stereocenters. The maximum absolute atomic E-state index is 12.5. The van der Waals surface area contributed by atoms with Crippen molar-refractivity contribution in [3.8, 4) is 5.75 Å². The van der Waals surface area contributed by atoms with Crippen LogP contribution in [0.4, 0.5) is 0 Å². The van der Waals surface area contributed by atoms with E-state index in [-0.39, 0.29) is 11.9 Å². The highest BCUT2D eigenvalue weighted by Crippen LogP contribution is 2.16. The van der Waals surface area contributed by atoms with Crippen molar-refractivity contribution in [3.05, 3.63) is 65.7 Å². The summed E-state index contributed by atoms with van der Waals surface area (Å²) in [7, 11) is 0. The lowest BCUT2D eigenvalue weighted by molar-refractivity contribution is 0.0976. The lowest BCUT2D eigenvalue weighted by atomic mass is 10.1. The molecule has 1 unspecified atom stereocenters. The first-order valence-electron chi connectivity index (χ1n) is 8.89. The van der Waals surface area contributed by atoms with Crippen LogP contribution >= 0.6 is 12.2 Å². The Bertz CT molecular complexity index is 732. The summed E-state index contributed by atoms with van der Waals surface area (Å²) in [6, 6.07) is 17.2. The second-order valence-corrected chi connectivity index (χ2v) is 6.94. The van der Waals surface area contributed by atoms with E-state index in [9.17, 15) is 4.79 Å². The number of carbonyl (C=O) groups is 1. The van der Waals surface area contributed by atoms with Crippen molar-refractivity contribution in [1.82, 2.24) is 10.6 Å². The molecule has 0 bridgehead atoms. The third-order valence-electron chi connectivity index (χ3n) is 3.82. The number of thiocarbonyl (C=S) groups is 1. The van der Waals surface area contributed by atoms with Crippen molar-refractivity contribution in [1.29, 1.82) is 0 Å². The van der Waals surface area contributed by atoms with Gasteiger partial charge in [0, 0.05) is 5.56 Å². The van der Waals surface area contributed by atoms with Crippen LogP contribution in [0.15, 0.2) is 54.6 Å². The van der Waals surface area contributed by atoms with Crippen LogP contribution in [0.2, 0.25) is 0 Å². The zero-order valence-corrected chi connectivity index (χ0v) is 16.3. The summed E-state index contributed by atoms with van der Waals surface area (Å²) < 4.78 is 5.67. The fraction of sp³-hybridized carbons (Fsp3) is 0.333. The third-order valence-corrected chi connectivity index (χ3v) is 4.04. The minimum Gasteiger partial charge on any atom is -0.493 e. The van der Waals surface area contributed by atoms with E-state index in [1.165, 1.54) is 0 Å². The number of hydrogen-bond donors (Lipinski definition) is 2. The van der Waals surface area contributed by atoms with Gasteiger partial charge in [0.25, 0.3) is 5.91 Å². The largest absolute Gasteiger partial charge is 0.493 e. The molecule has 5 heteroatoms. The first-order valence-corrected chi connectivity index (χ1v) is 9.30. The second-order valence-electron chi connectivity index (χ2n) is 6.53. The van der Waals surface area contributed by atoms with Crippen molar-refractivity contribution in [3.63, 3.8) is 0 Å². The number of carbonyl (C=O) groups excluding carboxylic acids is 1. The normalized spacial score (nSPS) is 11.7. The van der Waals surface area contributed by atoms with Gasteiger partial charge in [-0.3, -0.25) is 10.1 Å². The molecule has 2 aromatic carbocycles. The molecule has 26 heavy (non-hydrogen) atoms. The first kappa shape index (κ1) is 19.9. The number of ether oxygens (including phenoxy) is 1. The highest BCUT2D eigenvalue weighted by atomic mass is 32.1. The molecule has 4 nitrogen and oxygen atoms in total. The predicted molar refractivity (Wildman–Crippen MR) is 109 cm³/mol. The molecule has 138 valence electrons. The van der Waals surface area contributed by atoms with E-state index in [1.807, 2.05) is 36.4 Å². The molecule has 0 aliphatic carbocycles. The number of rotatable bonds is 7. The highest BCUT2D eigenvalue weighted by Gasteiger charge is 2.13. The van der Waals surface area contributed by atoms with Gasteiger partial charge in [-0.1, -0.05) is 57.2 Å². The molecule has 0 spiro atoms. The van der Waals surface area contributed by atoms with E-state index in [0.29, 0.717) is 29.0 Å². The third kappa shape index (κ3) is 6.15. The molecular formula is C21H26N2O2S. The Labute approximate surface area is 161 Å². The Kier molecular flexibility index (Phi) is 7.60. The molecule has 0 radical (unpaired) electrons. The zero-order valence-electron chi connectivity index (χ0n) is 15.5. The van der Waals surface area contributed by atoms with Crippen LogP contribution in [-0.4, -0.2) is 17.6 Å². The minimum atomic E-state index is -0.250. The summed E-state index contributed by atoms with van der Waals surface area (Å²) in [5.74, 6) is 0.856. The van der Waals surface area contributed by atoms with E-state index in [2.05, 4.69) is 31.4 Å². The monoisotopic (exact) mass is 370 g/mol. The SMILES string of the molecule is CCC(NC(=S)NC(=O)c1cccc(OCC(C)C)c1)c1ccccc1. The Morgan fingerprint density at radius 3 is 2.50 bits per heavy atom. The fourth-order valence-corrected chi connectivity index (χ4v) is 2.70. The highest BCUT2D eigenvalue weighted by molar-refractivity contribution is 7.80. The topological polar surface area (TPSA) is 50.4 Å². The molecule has 2 N–H and O–H groups in total. The zero-order chi connectivity index (χ0) is 18.9. The van der Waals surface area contributed by atoms with E-state index >= 15 is 0 Å². The van der Waals surface area contributed by atoms with Gasteiger partial charge in [0.05, 0.1) is 12.6 Å². The molecule has 2 aromatic rings. The van der Waals surface area contributed by atoms with Crippen molar-refractivity contribution < 1.29 is 9.53 Å². The van der Waals surface area contributed by atoms with Gasteiger partial charge in [-0.05, 0) is 48.3 Å². The van der Waals surface area contributed by atoms with Crippen LogP contribution in [0.5, 0.6) is 5.75 Å². The van der Waals surface area contributed by atoms with Gasteiger partial charge in [0.1, 0.15) is 5.75 Å². The maximum atomic E-state index is 12.5. The summed E-state index contributed by atoms with van der Waals surface area (Å²) in [6.07, 6.45) is 0.860. The van der Waals surface area contributed by atoms with Gasteiger partial charge in [-0.15, -0.1) is 0 Å². The first-order chi connectivity index (χ1) is 12.5. The number of nitrogens with one attached hydrogen (secondary N) is 2. The van der Waals surface area contributed by atoms with E-state index in [4.69, 9.17) is 17.0 Å². The quantitative estimate of drug-likeness (QED) is 0.706. The van der Waals surface area contributed by atoms with Crippen LogP contribution in [0.3, 0.4) is 0 Å². The van der Waals surface area contributed by atoms with Crippen molar-refractivity contribution >= 4 is 23.2 Å². The Hall–Kier alpha value is -2.40. The fourth-order valence-electron chi connectivity index (χ4n) is 2.47. The molecule has 0 saturated carbocycles. The minimum absolute atomic E-state index is 0.0599. The van der Waals surface area contributed by atoms with Crippen LogP contribution in [0.1, 0.15) is 49.2 Å². The van der Waals surface area contributed by atoms with Gasteiger partial charge in [-0.25, -0.2) is 0 Å². The standard InChI is InChI=1S/C21H26N2O2S/c1-4-19(16-9-6-5-7-10-16)22-21(26)23-20(24)17-11-8-12-18(13-17)25-14-15(2)3/h5-13,15,19H,4,14H2,1-3H3,(H2,22,23,24,26). The molecule has 0 aliphatic rings.